The lowest BCUT2D eigenvalue weighted by Crippen LogP contribution is -2.35. The summed E-state index contributed by atoms with van der Waals surface area (Å²) >= 11 is 1.69. The lowest BCUT2D eigenvalue weighted by atomic mass is 10.1. The number of thiophene rings is 1. The van der Waals surface area contributed by atoms with Crippen LogP contribution in [0.3, 0.4) is 0 Å². The molecule has 1 aromatic rings. The van der Waals surface area contributed by atoms with Crippen molar-refractivity contribution in [3.8, 4) is 0 Å². The predicted molar refractivity (Wildman–Crippen MR) is 47.4 cm³/mol. The molecule has 0 saturated heterocycles. The molecule has 60 valence electrons. The van der Waals surface area contributed by atoms with Crippen molar-refractivity contribution in [2.24, 2.45) is 11.5 Å². The van der Waals surface area contributed by atoms with E-state index in [0.29, 0.717) is 0 Å². The molecule has 2 rings (SSSR count). The SMILES string of the molecule is NC(c1cccs1)C1(N)CC1. The molecule has 1 aromatic heterocycles. The van der Waals surface area contributed by atoms with Crippen LogP contribution in [0.5, 0.6) is 0 Å². The van der Waals surface area contributed by atoms with Crippen LogP contribution in [-0.2, 0) is 0 Å². The summed E-state index contributed by atoms with van der Waals surface area (Å²) in [5, 5.41) is 2.04. The summed E-state index contributed by atoms with van der Waals surface area (Å²) in [5.74, 6) is 0. The Morgan fingerprint density at radius 2 is 2.27 bits per heavy atom. The zero-order valence-corrected chi connectivity index (χ0v) is 7.10. The lowest BCUT2D eigenvalue weighted by Gasteiger charge is -2.16. The van der Waals surface area contributed by atoms with Gasteiger partial charge in [0.1, 0.15) is 0 Å². The summed E-state index contributed by atoms with van der Waals surface area (Å²) < 4.78 is 0. The summed E-state index contributed by atoms with van der Waals surface area (Å²) in [7, 11) is 0. The van der Waals surface area contributed by atoms with Crippen molar-refractivity contribution in [3.63, 3.8) is 0 Å². The maximum Gasteiger partial charge on any atom is 0.0572 e. The second-order valence-electron chi connectivity index (χ2n) is 3.23. The van der Waals surface area contributed by atoms with Gasteiger partial charge in [-0.25, -0.2) is 0 Å². The van der Waals surface area contributed by atoms with Gasteiger partial charge in [-0.1, -0.05) is 6.07 Å². The van der Waals surface area contributed by atoms with Crippen LogP contribution in [-0.4, -0.2) is 5.54 Å². The van der Waals surface area contributed by atoms with Crippen LogP contribution in [0.1, 0.15) is 23.8 Å². The maximum absolute atomic E-state index is 5.96. The minimum absolute atomic E-state index is 0.0579. The first-order valence-corrected chi connectivity index (χ1v) is 4.68. The van der Waals surface area contributed by atoms with Gasteiger partial charge in [-0.05, 0) is 24.3 Å². The van der Waals surface area contributed by atoms with E-state index in [1.807, 2.05) is 11.4 Å². The minimum atomic E-state index is -0.0785. The van der Waals surface area contributed by atoms with E-state index in [1.165, 1.54) is 4.88 Å². The van der Waals surface area contributed by atoms with E-state index in [2.05, 4.69) is 6.07 Å². The van der Waals surface area contributed by atoms with Crippen molar-refractivity contribution in [1.29, 1.82) is 0 Å². The van der Waals surface area contributed by atoms with Crippen LogP contribution in [0.2, 0.25) is 0 Å². The van der Waals surface area contributed by atoms with Crippen molar-refractivity contribution in [2.45, 2.75) is 24.4 Å². The van der Waals surface area contributed by atoms with Gasteiger partial charge in [-0.15, -0.1) is 11.3 Å². The van der Waals surface area contributed by atoms with Gasteiger partial charge in [-0.2, -0.15) is 0 Å². The van der Waals surface area contributed by atoms with E-state index in [4.69, 9.17) is 11.5 Å². The van der Waals surface area contributed by atoms with Crippen LogP contribution in [0.4, 0.5) is 0 Å². The van der Waals surface area contributed by atoms with Crippen LogP contribution >= 0.6 is 11.3 Å². The van der Waals surface area contributed by atoms with Crippen molar-refractivity contribution in [3.05, 3.63) is 22.4 Å². The van der Waals surface area contributed by atoms with Crippen molar-refractivity contribution in [2.75, 3.05) is 0 Å². The smallest absolute Gasteiger partial charge is 0.0572 e. The number of nitrogens with two attached hydrogens (primary N) is 2. The number of hydrogen-bond acceptors (Lipinski definition) is 3. The summed E-state index contributed by atoms with van der Waals surface area (Å²) in [6.45, 7) is 0. The minimum Gasteiger partial charge on any atom is -0.323 e. The molecule has 1 aliphatic rings. The molecule has 11 heavy (non-hydrogen) atoms. The highest BCUT2D eigenvalue weighted by atomic mass is 32.1. The molecule has 1 saturated carbocycles. The Hall–Kier alpha value is -0.380. The van der Waals surface area contributed by atoms with E-state index < -0.39 is 0 Å². The van der Waals surface area contributed by atoms with Gasteiger partial charge >= 0.3 is 0 Å². The standard InChI is InChI=1S/C8H12N2S/c9-7(8(10)3-4-8)6-2-1-5-11-6/h1-2,5,7H,3-4,9-10H2. The average Bonchev–Trinajstić information content (AvgIpc) is 2.54. The Balaban J connectivity index is 2.17. The molecule has 1 unspecified atom stereocenters. The third kappa shape index (κ3) is 1.20. The molecule has 4 N–H and O–H groups in total. The zero-order chi connectivity index (χ0) is 7.90. The van der Waals surface area contributed by atoms with Crippen molar-refractivity contribution in [1.82, 2.24) is 0 Å². The molecule has 1 atom stereocenters. The Bertz CT molecular complexity index is 239. The number of rotatable bonds is 2. The molecule has 0 spiro atoms. The molecule has 2 nitrogen and oxygen atoms in total. The molecule has 1 fully saturated rings. The third-order valence-electron chi connectivity index (χ3n) is 2.30. The van der Waals surface area contributed by atoms with Gasteiger partial charge in [0.15, 0.2) is 0 Å². The molecule has 0 radical (unpaired) electrons. The summed E-state index contributed by atoms with van der Waals surface area (Å²) in [6, 6.07) is 4.14. The van der Waals surface area contributed by atoms with Crippen LogP contribution in [0.25, 0.3) is 0 Å². The Morgan fingerprint density at radius 1 is 1.55 bits per heavy atom. The van der Waals surface area contributed by atoms with Gasteiger partial charge in [-0.3, -0.25) is 0 Å². The highest BCUT2D eigenvalue weighted by Crippen LogP contribution is 2.42. The fourth-order valence-electron chi connectivity index (χ4n) is 1.21. The fourth-order valence-corrected chi connectivity index (χ4v) is 2.06. The van der Waals surface area contributed by atoms with E-state index in [9.17, 15) is 0 Å². The largest absolute Gasteiger partial charge is 0.323 e. The molecule has 0 bridgehead atoms. The zero-order valence-electron chi connectivity index (χ0n) is 6.29. The monoisotopic (exact) mass is 168 g/mol. The molecule has 0 aromatic carbocycles. The Morgan fingerprint density at radius 3 is 2.73 bits per heavy atom. The van der Waals surface area contributed by atoms with Gasteiger partial charge in [0.25, 0.3) is 0 Å². The van der Waals surface area contributed by atoms with Crippen LogP contribution in [0.15, 0.2) is 17.5 Å². The van der Waals surface area contributed by atoms with Crippen molar-refractivity contribution >= 4 is 11.3 Å². The first-order valence-electron chi connectivity index (χ1n) is 3.80. The molecule has 0 aliphatic heterocycles. The lowest BCUT2D eigenvalue weighted by molar-refractivity contribution is 0.543. The molecular formula is C8H12N2S. The maximum atomic E-state index is 5.96. The fraction of sp³-hybridized carbons (Fsp3) is 0.500. The highest BCUT2D eigenvalue weighted by Gasteiger charge is 2.44. The van der Waals surface area contributed by atoms with E-state index >= 15 is 0 Å². The van der Waals surface area contributed by atoms with Gasteiger partial charge in [0.2, 0.25) is 0 Å². The highest BCUT2D eigenvalue weighted by molar-refractivity contribution is 7.10. The molecule has 0 amide bonds. The van der Waals surface area contributed by atoms with Crippen molar-refractivity contribution < 1.29 is 0 Å². The first-order chi connectivity index (χ1) is 5.22. The Labute approximate surface area is 70.2 Å². The summed E-state index contributed by atoms with van der Waals surface area (Å²) in [4.78, 5) is 1.21. The summed E-state index contributed by atoms with van der Waals surface area (Å²) in [6.07, 6.45) is 2.15. The molecule has 1 heterocycles. The van der Waals surface area contributed by atoms with Gasteiger partial charge < -0.3 is 11.5 Å². The topological polar surface area (TPSA) is 52.0 Å². The Kier molecular flexibility index (Phi) is 1.52. The van der Waals surface area contributed by atoms with Gasteiger partial charge in [0, 0.05) is 10.4 Å². The quantitative estimate of drug-likeness (QED) is 0.698. The van der Waals surface area contributed by atoms with Crippen LogP contribution < -0.4 is 11.5 Å². The second-order valence-corrected chi connectivity index (χ2v) is 4.21. The number of hydrogen-bond donors (Lipinski definition) is 2. The molecule has 1 aliphatic carbocycles. The van der Waals surface area contributed by atoms with Gasteiger partial charge in [0.05, 0.1) is 6.04 Å². The second kappa shape index (κ2) is 2.30. The van der Waals surface area contributed by atoms with E-state index in [0.717, 1.165) is 12.8 Å². The predicted octanol–water partition coefficient (Wildman–Crippen LogP) is 1.24. The average molecular weight is 168 g/mol. The first kappa shape index (κ1) is 7.28. The van der Waals surface area contributed by atoms with E-state index in [-0.39, 0.29) is 11.6 Å². The molecular weight excluding hydrogens is 156 g/mol. The van der Waals surface area contributed by atoms with E-state index in [1.54, 1.807) is 11.3 Å². The van der Waals surface area contributed by atoms with Crippen LogP contribution in [0, 0.1) is 0 Å². The summed E-state index contributed by atoms with van der Waals surface area (Å²) in [5.41, 5.74) is 11.8. The molecule has 3 heteroatoms. The third-order valence-corrected chi connectivity index (χ3v) is 3.25. The normalized spacial score (nSPS) is 23.1.